The van der Waals surface area contributed by atoms with Gasteiger partial charge < -0.3 is 4.90 Å². The molecular weight excluding hydrogens is 190 g/mol. The summed E-state index contributed by atoms with van der Waals surface area (Å²) in [4.78, 5) is 2.25. The van der Waals surface area contributed by atoms with Crippen molar-refractivity contribution in [3.05, 3.63) is 22.4 Å². The van der Waals surface area contributed by atoms with Crippen molar-refractivity contribution in [2.24, 2.45) is 0 Å². The number of likely N-dealkylation sites (N-methyl/N-ethyl adjacent to an activating group) is 1. The molecule has 0 aliphatic carbocycles. The molecule has 0 atom stereocenters. The van der Waals surface area contributed by atoms with Crippen LogP contribution in [0, 0.1) is 0 Å². The van der Waals surface area contributed by atoms with Gasteiger partial charge in [0, 0.05) is 19.0 Å². The van der Waals surface area contributed by atoms with Crippen molar-refractivity contribution in [3.8, 4) is 0 Å². The fourth-order valence-electron chi connectivity index (χ4n) is 1.01. The Hall–Kier alpha value is -0.0500. The molecule has 0 spiro atoms. The number of halogens is 1. The molecule has 0 bridgehead atoms. The Morgan fingerprint density at radius 3 is 2.92 bits per heavy atom. The summed E-state index contributed by atoms with van der Waals surface area (Å²) in [6.45, 7) is 2.08. The van der Waals surface area contributed by atoms with Crippen LogP contribution in [-0.4, -0.2) is 30.9 Å². The number of nitrogens with zero attached hydrogens (tertiary/aromatic N) is 1. The van der Waals surface area contributed by atoms with Crippen LogP contribution in [0.4, 0.5) is 0 Å². The van der Waals surface area contributed by atoms with Crippen LogP contribution in [0.5, 0.6) is 0 Å². The molecule has 0 aromatic carbocycles. The minimum Gasteiger partial charge on any atom is -0.305 e. The summed E-state index contributed by atoms with van der Waals surface area (Å²) in [6, 6.07) is 2.18. The van der Waals surface area contributed by atoms with Crippen molar-refractivity contribution in [2.45, 2.75) is 6.42 Å². The second-order valence-electron chi connectivity index (χ2n) is 2.87. The normalized spacial score (nSPS) is 10.9. The monoisotopic (exact) mass is 203 g/mol. The van der Waals surface area contributed by atoms with Crippen molar-refractivity contribution in [3.63, 3.8) is 0 Å². The fraction of sp³-hybridized carbons (Fsp3) is 0.556. The molecule has 1 aromatic rings. The predicted octanol–water partition coefficient (Wildman–Crippen LogP) is 2.46. The van der Waals surface area contributed by atoms with Crippen LogP contribution in [0.3, 0.4) is 0 Å². The first kappa shape index (κ1) is 10.0. The maximum atomic E-state index is 5.62. The Kier molecular flexibility index (Phi) is 4.66. The largest absolute Gasteiger partial charge is 0.305 e. The lowest BCUT2D eigenvalue weighted by Crippen LogP contribution is -2.23. The van der Waals surface area contributed by atoms with Gasteiger partial charge in [0.1, 0.15) is 0 Å². The topological polar surface area (TPSA) is 3.24 Å². The van der Waals surface area contributed by atoms with E-state index in [-0.39, 0.29) is 0 Å². The predicted molar refractivity (Wildman–Crippen MR) is 56.2 cm³/mol. The highest BCUT2D eigenvalue weighted by atomic mass is 35.5. The van der Waals surface area contributed by atoms with Gasteiger partial charge in [-0.1, -0.05) is 0 Å². The van der Waals surface area contributed by atoms with Crippen molar-refractivity contribution in [2.75, 3.05) is 26.0 Å². The second kappa shape index (κ2) is 5.57. The van der Waals surface area contributed by atoms with Crippen LogP contribution in [0.25, 0.3) is 0 Å². The lowest BCUT2D eigenvalue weighted by Gasteiger charge is -2.13. The summed E-state index contributed by atoms with van der Waals surface area (Å²) in [7, 11) is 2.11. The summed E-state index contributed by atoms with van der Waals surface area (Å²) < 4.78 is 0. The third kappa shape index (κ3) is 3.57. The van der Waals surface area contributed by atoms with Crippen LogP contribution < -0.4 is 0 Å². The van der Waals surface area contributed by atoms with Crippen molar-refractivity contribution < 1.29 is 0 Å². The minimum atomic E-state index is 0.722. The number of rotatable bonds is 5. The highest BCUT2D eigenvalue weighted by Crippen LogP contribution is 2.06. The zero-order chi connectivity index (χ0) is 8.81. The molecule has 3 heteroatoms. The molecule has 0 unspecified atom stereocenters. The van der Waals surface area contributed by atoms with E-state index in [1.165, 1.54) is 5.56 Å². The van der Waals surface area contributed by atoms with E-state index in [9.17, 15) is 0 Å². The first-order valence-electron chi connectivity index (χ1n) is 4.08. The molecule has 0 saturated carbocycles. The van der Waals surface area contributed by atoms with E-state index in [0.717, 1.165) is 25.4 Å². The number of thiophene rings is 1. The van der Waals surface area contributed by atoms with Crippen molar-refractivity contribution >= 4 is 22.9 Å². The van der Waals surface area contributed by atoms with Crippen LogP contribution in [0.15, 0.2) is 16.8 Å². The van der Waals surface area contributed by atoms with Crippen molar-refractivity contribution in [1.82, 2.24) is 4.90 Å². The van der Waals surface area contributed by atoms with E-state index >= 15 is 0 Å². The van der Waals surface area contributed by atoms with Crippen LogP contribution >= 0.6 is 22.9 Å². The van der Waals surface area contributed by atoms with E-state index in [1.807, 2.05) is 0 Å². The third-order valence-corrected chi connectivity index (χ3v) is 2.73. The minimum absolute atomic E-state index is 0.722. The van der Waals surface area contributed by atoms with Gasteiger partial charge in [-0.2, -0.15) is 11.3 Å². The second-order valence-corrected chi connectivity index (χ2v) is 4.03. The summed E-state index contributed by atoms with van der Waals surface area (Å²) in [5, 5.41) is 4.32. The van der Waals surface area contributed by atoms with Gasteiger partial charge in [0.05, 0.1) is 0 Å². The smallest absolute Gasteiger partial charge is 0.0351 e. The van der Waals surface area contributed by atoms with E-state index in [2.05, 4.69) is 28.8 Å². The van der Waals surface area contributed by atoms with Gasteiger partial charge in [0.2, 0.25) is 0 Å². The molecule has 1 aromatic heterocycles. The number of alkyl halides is 1. The Morgan fingerprint density at radius 1 is 1.50 bits per heavy atom. The standard InChI is InChI=1S/C9H14ClNS/c1-11(6-4-10)5-2-9-3-7-12-8-9/h3,7-8H,2,4-6H2,1H3. The highest BCUT2D eigenvalue weighted by Gasteiger charge is 1.97. The molecular formula is C9H14ClNS. The number of hydrogen-bond acceptors (Lipinski definition) is 2. The highest BCUT2D eigenvalue weighted by molar-refractivity contribution is 7.07. The van der Waals surface area contributed by atoms with E-state index < -0.39 is 0 Å². The lowest BCUT2D eigenvalue weighted by atomic mass is 10.2. The maximum absolute atomic E-state index is 5.62. The van der Waals surface area contributed by atoms with E-state index in [1.54, 1.807) is 11.3 Å². The zero-order valence-electron chi connectivity index (χ0n) is 7.29. The maximum Gasteiger partial charge on any atom is 0.0351 e. The van der Waals surface area contributed by atoms with Crippen molar-refractivity contribution in [1.29, 1.82) is 0 Å². The van der Waals surface area contributed by atoms with Gasteiger partial charge in [-0.25, -0.2) is 0 Å². The van der Waals surface area contributed by atoms with Gasteiger partial charge in [-0.05, 0) is 35.9 Å². The molecule has 0 fully saturated rings. The lowest BCUT2D eigenvalue weighted by molar-refractivity contribution is 0.360. The molecule has 0 saturated heterocycles. The van der Waals surface area contributed by atoms with E-state index in [4.69, 9.17) is 11.6 Å². The molecule has 0 amide bonds. The fourth-order valence-corrected chi connectivity index (χ4v) is 2.00. The molecule has 0 radical (unpaired) electrons. The first-order chi connectivity index (χ1) is 5.83. The molecule has 12 heavy (non-hydrogen) atoms. The molecule has 0 aliphatic heterocycles. The average molecular weight is 204 g/mol. The van der Waals surface area contributed by atoms with E-state index in [0.29, 0.717) is 0 Å². The molecule has 1 nitrogen and oxygen atoms in total. The Labute approximate surface area is 83.0 Å². The van der Waals surface area contributed by atoms with Crippen LogP contribution in [-0.2, 0) is 6.42 Å². The molecule has 0 aliphatic rings. The SMILES string of the molecule is CN(CCCl)CCc1ccsc1. The first-order valence-corrected chi connectivity index (χ1v) is 5.56. The molecule has 68 valence electrons. The van der Waals surface area contributed by atoms with Crippen LogP contribution in [0.1, 0.15) is 5.56 Å². The Balaban J connectivity index is 2.17. The summed E-state index contributed by atoms with van der Waals surface area (Å²) in [5.41, 5.74) is 1.43. The van der Waals surface area contributed by atoms with Crippen LogP contribution in [0.2, 0.25) is 0 Å². The van der Waals surface area contributed by atoms with Gasteiger partial charge in [0.15, 0.2) is 0 Å². The summed E-state index contributed by atoms with van der Waals surface area (Å²) in [5.74, 6) is 0.722. The zero-order valence-corrected chi connectivity index (χ0v) is 8.87. The molecule has 1 heterocycles. The average Bonchev–Trinajstić information content (AvgIpc) is 2.53. The molecule has 1 rings (SSSR count). The quantitative estimate of drug-likeness (QED) is 0.665. The Morgan fingerprint density at radius 2 is 2.33 bits per heavy atom. The van der Waals surface area contributed by atoms with Gasteiger partial charge >= 0.3 is 0 Å². The van der Waals surface area contributed by atoms with Gasteiger partial charge in [0.25, 0.3) is 0 Å². The number of hydrogen-bond donors (Lipinski definition) is 0. The molecule has 0 N–H and O–H groups in total. The summed E-state index contributed by atoms with van der Waals surface area (Å²) in [6.07, 6.45) is 1.14. The Bertz CT molecular complexity index is 198. The van der Waals surface area contributed by atoms with Gasteiger partial charge in [-0.3, -0.25) is 0 Å². The summed E-state index contributed by atoms with van der Waals surface area (Å²) >= 11 is 7.38. The van der Waals surface area contributed by atoms with Gasteiger partial charge in [-0.15, -0.1) is 11.6 Å². The third-order valence-electron chi connectivity index (χ3n) is 1.83.